The van der Waals surface area contributed by atoms with Crippen molar-refractivity contribution >= 4 is 23.5 Å². The number of rotatable bonds is 12. The van der Waals surface area contributed by atoms with E-state index < -0.39 is 0 Å². The Hall–Kier alpha value is -3.48. The van der Waals surface area contributed by atoms with Crippen molar-refractivity contribution in [1.29, 1.82) is 0 Å². The van der Waals surface area contributed by atoms with Gasteiger partial charge >= 0.3 is 5.97 Å². The Balaban J connectivity index is 1.91. The summed E-state index contributed by atoms with van der Waals surface area (Å²) in [5.74, 6) is 0.0902. The second kappa shape index (κ2) is 13.0. The first-order chi connectivity index (χ1) is 15.1. The van der Waals surface area contributed by atoms with Crippen LogP contribution in [0.1, 0.15) is 49.4 Å². The summed E-state index contributed by atoms with van der Waals surface area (Å²) in [6.45, 7) is 6.27. The molecule has 1 aromatic heterocycles. The molecule has 0 aliphatic heterocycles. The molecule has 7 heteroatoms. The van der Waals surface area contributed by atoms with Crippen molar-refractivity contribution in [3.05, 3.63) is 72.7 Å². The lowest BCUT2D eigenvalue weighted by atomic mass is 10.1. The van der Waals surface area contributed by atoms with E-state index in [4.69, 9.17) is 0 Å². The van der Waals surface area contributed by atoms with E-state index in [1.165, 1.54) is 19.5 Å². The van der Waals surface area contributed by atoms with Gasteiger partial charge in [-0.2, -0.15) is 0 Å². The number of aromatic nitrogens is 2. The molecular weight excluding hydrogens is 392 g/mol. The van der Waals surface area contributed by atoms with Gasteiger partial charge < -0.3 is 10.1 Å². The number of ether oxygens (including phenoxy) is 1. The Morgan fingerprint density at radius 3 is 2.42 bits per heavy atom. The normalized spacial score (nSPS) is 11.0. The summed E-state index contributed by atoms with van der Waals surface area (Å²) >= 11 is 0. The lowest BCUT2D eigenvalue weighted by molar-refractivity contribution is -0.140. The van der Waals surface area contributed by atoms with Crippen LogP contribution in [0.25, 0.3) is 0 Å². The third-order valence-electron chi connectivity index (χ3n) is 4.65. The van der Waals surface area contributed by atoms with Crippen molar-refractivity contribution in [3.63, 3.8) is 0 Å². The monoisotopic (exact) mass is 422 g/mol. The van der Waals surface area contributed by atoms with Crippen LogP contribution in [0.4, 0.5) is 11.6 Å². The summed E-state index contributed by atoms with van der Waals surface area (Å²) in [5.41, 5.74) is 2.24. The van der Waals surface area contributed by atoms with E-state index in [1.54, 1.807) is 6.08 Å². The Kier molecular flexibility index (Phi) is 9.94. The van der Waals surface area contributed by atoms with Gasteiger partial charge in [-0.05, 0) is 38.0 Å². The largest absolute Gasteiger partial charge is 0.469 e. The van der Waals surface area contributed by atoms with E-state index in [-0.39, 0.29) is 11.9 Å². The molecule has 1 heterocycles. The number of anilines is 2. The lowest BCUT2D eigenvalue weighted by Gasteiger charge is -2.23. The number of nitrogens with one attached hydrogen (secondary N) is 1. The molecule has 0 radical (unpaired) electrons. The number of hydrogen-bond acceptors (Lipinski definition) is 6. The van der Waals surface area contributed by atoms with Crippen LogP contribution < -0.4 is 10.2 Å². The summed E-state index contributed by atoms with van der Waals surface area (Å²) in [6.07, 6.45) is 10.6. The second-order valence-corrected chi connectivity index (χ2v) is 6.98. The van der Waals surface area contributed by atoms with Crippen LogP contribution in [0.3, 0.4) is 0 Å². The number of amides is 1. The van der Waals surface area contributed by atoms with Gasteiger partial charge in [-0.3, -0.25) is 14.5 Å². The molecule has 0 saturated heterocycles. The molecule has 7 nitrogen and oxygen atoms in total. The minimum absolute atomic E-state index is 0.183. The van der Waals surface area contributed by atoms with Gasteiger partial charge in [0.05, 0.1) is 12.7 Å². The van der Waals surface area contributed by atoms with Crippen LogP contribution >= 0.6 is 0 Å². The number of nitrogens with zero attached hydrogens (tertiary/aromatic N) is 3. The molecule has 31 heavy (non-hydrogen) atoms. The van der Waals surface area contributed by atoms with Gasteiger partial charge in [0.1, 0.15) is 0 Å². The van der Waals surface area contributed by atoms with Crippen LogP contribution in [-0.4, -0.2) is 35.5 Å². The number of methoxy groups -OCH3 is 1. The average Bonchev–Trinajstić information content (AvgIpc) is 2.79. The van der Waals surface area contributed by atoms with Crippen molar-refractivity contribution < 1.29 is 14.3 Å². The number of carbonyl (C=O) groups is 2. The Morgan fingerprint density at radius 2 is 1.77 bits per heavy atom. The highest BCUT2D eigenvalue weighted by molar-refractivity contribution is 5.93. The third kappa shape index (κ3) is 7.70. The van der Waals surface area contributed by atoms with Gasteiger partial charge in [0.25, 0.3) is 5.91 Å². The number of benzene rings is 1. The van der Waals surface area contributed by atoms with Gasteiger partial charge in [0.15, 0.2) is 0 Å². The predicted octanol–water partition coefficient (Wildman–Crippen LogP) is 4.56. The Labute approximate surface area is 183 Å². The molecule has 0 aliphatic carbocycles. The molecule has 0 atom stereocenters. The number of esters is 1. The van der Waals surface area contributed by atoms with Crippen LogP contribution in [-0.2, 0) is 9.53 Å². The quantitative estimate of drug-likeness (QED) is 0.307. The fourth-order valence-electron chi connectivity index (χ4n) is 3.01. The number of hydrogen-bond donors (Lipinski definition) is 1. The molecule has 0 aliphatic rings. The van der Waals surface area contributed by atoms with Crippen molar-refractivity contribution in [2.45, 2.75) is 39.0 Å². The number of allylic oxidation sites excluding steroid dienone is 3. The molecule has 1 aromatic carbocycles. The van der Waals surface area contributed by atoms with Gasteiger partial charge in [-0.15, -0.1) is 0 Å². The molecule has 0 spiro atoms. The maximum atomic E-state index is 12.4. The SMILES string of the molecule is C=CC=C(C)N(c1ccccc1)c1ncc(C(=O)NCCCCCCC(=O)OC)cn1. The first-order valence-electron chi connectivity index (χ1n) is 10.4. The summed E-state index contributed by atoms with van der Waals surface area (Å²) in [5, 5.41) is 2.88. The molecule has 2 rings (SSSR count). The predicted molar refractivity (Wildman–Crippen MR) is 122 cm³/mol. The number of unbranched alkanes of at least 4 members (excludes halogenated alkanes) is 3. The van der Waals surface area contributed by atoms with Crippen LogP contribution in [0.2, 0.25) is 0 Å². The highest BCUT2D eigenvalue weighted by atomic mass is 16.5. The van der Waals surface area contributed by atoms with E-state index >= 15 is 0 Å². The topological polar surface area (TPSA) is 84.4 Å². The standard InChI is InChI=1S/C24H30N4O3/c1-4-12-19(2)28(21-13-8-7-9-14-21)24-26-17-20(18-27-24)23(30)25-16-11-6-5-10-15-22(29)31-3/h4,7-9,12-14,17-18H,1,5-6,10-11,15-16H2,2-3H3,(H,25,30). The highest BCUT2D eigenvalue weighted by Crippen LogP contribution is 2.26. The van der Waals surface area contributed by atoms with Gasteiger partial charge in [0, 0.05) is 36.7 Å². The molecule has 2 aromatic rings. The number of carbonyl (C=O) groups excluding carboxylic acids is 2. The molecule has 0 unspecified atom stereocenters. The molecule has 0 fully saturated rings. The molecule has 1 amide bonds. The molecule has 1 N–H and O–H groups in total. The van der Waals surface area contributed by atoms with Crippen LogP contribution in [0.5, 0.6) is 0 Å². The summed E-state index contributed by atoms with van der Waals surface area (Å²) < 4.78 is 4.61. The third-order valence-corrected chi connectivity index (χ3v) is 4.65. The van der Waals surface area contributed by atoms with Crippen molar-refractivity contribution in [1.82, 2.24) is 15.3 Å². The first kappa shape index (κ1) is 23.8. The zero-order valence-electron chi connectivity index (χ0n) is 18.2. The van der Waals surface area contributed by atoms with Crippen LogP contribution in [0, 0.1) is 0 Å². The Bertz CT molecular complexity index is 879. The summed E-state index contributed by atoms with van der Waals surface area (Å²) in [6, 6.07) is 9.77. The maximum Gasteiger partial charge on any atom is 0.305 e. The van der Waals surface area contributed by atoms with E-state index in [2.05, 4.69) is 26.6 Å². The maximum absolute atomic E-state index is 12.4. The zero-order chi connectivity index (χ0) is 22.5. The Morgan fingerprint density at radius 1 is 1.10 bits per heavy atom. The summed E-state index contributed by atoms with van der Waals surface area (Å²) in [7, 11) is 1.40. The van der Waals surface area contributed by atoms with Crippen LogP contribution in [0.15, 0.2) is 67.2 Å². The van der Waals surface area contributed by atoms with Gasteiger partial charge in [0.2, 0.25) is 5.95 Å². The molecule has 164 valence electrons. The molecular formula is C24H30N4O3. The van der Waals surface area contributed by atoms with Crippen molar-refractivity contribution in [3.8, 4) is 0 Å². The first-order valence-corrected chi connectivity index (χ1v) is 10.4. The van der Waals surface area contributed by atoms with E-state index in [0.717, 1.165) is 37.1 Å². The number of para-hydroxylation sites is 1. The summed E-state index contributed by atoms with van der Waals surface area (Å²) in [4.78, 5) is 34.1. The fraction of sp³-hybridized carbons (Fsp3) is 0.333. The fourth-order valence-corrected chi connectivity index (χ4v) is 3.01. The van der Waals surface area contributed by atoms with Crippen molar-refractivity contribution in [2.24, 2.45) is 0 Å². The lowest BCUT2D eigenvalue weighted by Crippen LogP contribution is -2.25. The van der Waals surface area contributed by atoms with E-state index in [1.807, 2.05) is 48.2 Å². The van der Waals surface area contributed by atoms with Gasteiger partial charge in [-0.25, -0.2) is 9.97 Å². The second-order valence-electron chi connectivity index (χ2n) is 6.98. The molecule has 0 saturated carbocycles. The van der Waals surface area contributed by atoms with Gasteiger partial charge in [-0.1, -0.05) is 43.7 Å². The average molecular weight is 423 g/mol. The highest BCUT2D eigenvalue weighted by Gasteiger charge is 2.15. The minimum atomic E-state index is -0.203. The minimum Gasteiger partial charge on any atom is -0.469 e. The smallest absolute Gasteiger partial charge is 0.305 e. The van der Waals surface area contributed by atoms with E-state index in [0.29, 0.717) is 24.5 Å². The van der Waals surface area contributed by atoms with E-state index in [9.17, 15) is 9.59 Å². The molecule has 0 bridgehead atoms. The van der Waals surface area contributed by atoms with Crippen molar-refractivity contribution in [2.75, 3.05) is 18.6 Å². The zero-order valence-corrected chi connectivity index (χ0v) is 18.2.